The predicted octanol–water partition coefficient (Wildman–Crippen LogP) is 3.63. The van der Waals surface area contributed by atoms with E-state index in [0.717, 1.165) is 5.56 Å². The zero-order valence-corrected chi connectivity index (χ0v) is 17.8. The number of rotatable bonds is 4. The zero-order valence-electron chi connectivity index (χ0n) is 17.1. The van der Waals surface area contributed by atoms with E-state index in [1.165, 1.54) is 12.1 Å². The van der Waals surface area contributed by atoms with Crippen LogP contribution in [0.15, 0.2) is 54.6 Å². The third-order valence-corrected chi connectivity index (χ3v) is 5.78. The van der Waals surface area contributed by atoms with Crippen LogP contribution >= 0.6 is 11.6 Å². The maximum atomic E-state index is 13.1. The van der Waals surface area contributed by atoms with Crippen LogP contribution in [0.5, 0.6) is 0 Å². The molecule has 0 bridgehead atoms. The van der Waals surface area contributed by atoms with Crippen molar-refractivity contribution >= 4 is 23.4 Å². The van der Waals surface area contributed by atoms with E-state index in [9.17, 15) is 14.0 Å². The molecule has 0 saturated carbocycles. The fourth-order valence-corrected chi connectivity index (χ4v) is 4.01. The van der Waals surface area contributed by atoms with Gasteiger partial charge in [-0.15, -0.1) is 0 Å². The first-order chi connectivity index (χ1) is 14.9. The molecule has 0 N–H and O–H groups in total. The standard InChI is InChI=1S/C23H22ClFN4O2/c1-16-20(21(24)29(26-16)15-17-7-9-19(25)10-8-17)23(31)28-13-11-27(12-14-28)22(30)18-5-3-2-4-6-18/h2-10H,11-15H2,1H3. The van der Waals surface area contributed by atoms with Crippen molar-refractivity contribution in [2.45, 2.75) is 13.5 Å². The summed E-state index contributed by atoms with van der Waals surface area (Å²) in [6.45, 7) is 3.86. The fourth-order valence-electron chi connectivity index (χ4n) is 3.70. The number of amides is 2. The molecule has 6 nitrogen and oxygen atoms in total. The highest BCUT2D eigenvalue weighted by Gasteiger charge is 2.29. The number of carbonyl (C=O) groups excluding carboxylic acids is 2. The lowest BCUT2D eigenvalue weighted by Gasteiger charge is -2.34. The van der Waals surface area contributed by atoms with E-state index in [4.69, 9.17) is 11.6 Å². The third-order valence-electron chi connectivity index (χ3n) is 5.40. The summed E-state index contributed by atoms with van der Waals surface area (Å²) in [5.41, 5.74) is 2.38. The molecular formula is C23H22ClFN4O2. The lowest BCUT2D eigenvalue weighted by molar-refractivity contribution is 0.0535. The Morgan fingerprint density at radius 3 is 2.13 bits per heavy atom. The molecule has 1 fully saturated rings. The highest BCUT2D eigenvalue weighted by molar-refractivity contribution is 6.33. The molecule has 0 radical (unpaired) electrons. The summed E-state index contributed by atoms with van der Waals surface area (Å²) in [5.74, 6) is -0.541. The number of benzene rings is 2. The summed E-state index contributed by atoms with van der Waals surface area (Å²) < 4.78 is 14.7. The van der Waals surface area contributed by atoms with Gasteiger partial charge in [0.1, 0.15) is 11.0 Å². The van der Waals surface area contributed by atoms with Gasteiger partial charge < -0.3 is 9.80 Å². The molecule has 1 aliphatic rings. The number of hydrogen-bond donors (Lipinski definition) is 0. The second kappa shape index (κ2) is 8.89. The molecule has 2 aromatic carbocycles. The molecule has 4 rings (SSSR count). The van der Waals surface area contributed by atoms with Crippen molar-refractivity contribution in [2.75, 3.05) is 26.2 Å². The molecule has 1 saturated heterocycles. The van der Waals surface area contributed by atoms with Gasteiger partial charge in [-0.3, -0.25) is 9.59 Å². The van der Waals surface area contributed by atoms with Crippen molar-refractivity contribution in [3.05, 3.63) is 88.0 Å². The van der Waals surface area contributed by atoms with Crippen LogP contribution in [0, 0.1) is 12.7 Å². The molecule has 0 atom stereocenters. The predicted molar refractivity (Wildman–Crippen MR) is 116 cm³/mol. The Morgan fingerprint density at radius 2 is 1.52 bits per heavy atom. The number of piperazine rings is 1. The van der Waals surface area contributed by atoms with E-state index >= 15 is 0 Å². The van der Waals surface area contributed by atoms with E-state index in [-0.39, 0.29) is 22.8 Å². The molecule has 2 amide bonds. The van der Waals surface area contributed by atoms with Crippen molar-refractivity contribution < 1.29 is 14.0 Å². The number of carbonyl (C=O) groups is 2. The van der Waals surface area contributed by atoms with E-state index < -0.39 is 0 Å². The van der Waals surface area contributed by atoms with Crippen molar-refractivity contribution in [3.8, 4) is 0 Å². The summed E-state index contributed by atoms with van der Waals surface area (Å²) in [7, 11) is 0. The molecule has 0 unspecified atom stereocenters. The van der Waals surface area contributed by atoms with Crippen molar-refractivity contribution in [1.82, 2.24) is 19.6 Å². The van der Waals surface area contributed by atoms with Gasteiger partial charge in [0.25, 0.3) is 11.8 Å². The fraction of sp³-hybridized carbons (Fsp3) is 0.261. The highest BCUT2D eigenvalue weighted by atomic mass is 35.5. The third kappa shape index (κ3) is 4.46. The van der Waals surface area contributed by atoms with Crippen LogP contribution in [0.2, 0.25) is 5.15 Å². The summed E-state index contributed by atoms with van der Waals surface area (Å²) in [4.78, 5) is 29.2. The van der Waals surface area contributed by atoms with Gasteiger partial charge in [0, 0.05) is 31.7 Å². The smallest absolute Gasteiger partial charge is 0.259 e. The van der Waals surface area contributed by atoms with Crippen LogP contribution in [0.25, 0.3) is 0 Å². The normalized spacial score (nSPS) is 14.0. The van der Waals surface area contributed by atoms with Crippen LogP contribution in [0.3, 0.4) is 0 Å². The van der Waals surface area contributed by atoms with Gasteiger partial charge in [-0.05, 0) is 36.8 Å². The van der Waals surface area contributed by atoms with Gasteiger partial charge in [-0.2, -0.15) is 5.10 Å². The van der Waals surface area contributed by atoms with Crippen LogP contribution in [0.4, 0.5) is 4.39 Å². The van der Waals surface area contributed by atoms with Crippen molar-refractivity contribution in [2.24, 2.45) is 0 Å². The maximum absolute atomic E-state index is 13.1. The maximum Gasteiger partial charge on any atom is 0.259 e. The lowest BCUT2D eigenvalue weighted by atomic mass is 10.1. The average Bonchev–Trinajstić information content (AvgIpc) is 3.07. The van der Waals surface area contributed by atoms with Crippen molar-refractivity contribution in [3.63, 3.8) is 0 Å². The van der Waals surface area contributed by atoms with E-state index in [0.29, 0.717) is 49.5 Å². The van der Waals surface area contributed by atoms with Crippen LogP contribution in [0.1, 0.15) is 32.0 Å². The Bertz CT molecular complexity index is 1090. The second-order valence-corrected chi connectivity index (χ2v) is 7.84. The lowest BCUT2D eigenvalue weighted by Crippen LogP contribution is -2.50. The molecule has 160 valence electrons. The topological polar surface area (TPSA) is 58.4 Å². The first-order valence-corrected chi connectivity index (χ1v) is 10.4. The van der Waals surface area contributed by atoms with Gasteiger partial charge in [-0.25, -0.2) is 9.07 Å². The quantitative estimate of drug-likeness (QED) is 0.622. The van der Waals surface area contributed by atoms with Gasteiger partial charge in [0.05, 0.1) is 17.8 Å². The number of halogens is 2. The minimum absolute atomic E-state index is 0.0333. The molecule has 3 aromatic rings. The highest BCUT2D eigenvalue weighted by Crippen LogP contribution is 2.23. The van der Waals surface area contributed by atoms with Gasteiger partial charge in [-0.1, -0.05) is 41.9 Å². The monoisotopic (exact) mass is 440 g/mol. The average molecular weight is 441 g/mol. The van der Waals surface area contributed by atoms with Gasteiger partial charge in [0.15, 0.2) is 0 Å². The van der Waals surface area contributed by atoms with Gasteiger partial charge >= 0.3 is 0 Å². The SMILES string of the molecule is Cc1nn(Cc2ccc(F)cc2)c(Cl)c1C(=O)N1CCN(C(=O)c2ccccc2)CC1. The molecule has 0 aliphatic carbocycles. The Balaban J connectivity index is 1.44. The molecule has 2 heterocycles. The van der Waals surface area contributed by atoms with Crippen molar-refractivity contribution in [1.29, 1.82) is 0 Å². The summed E-state index contributed by atoms with van der Waals surface area (Å²) in [6.07, 6.45) is 0. The Kier molecular flexibility index (Phi) is 6.04. The Labute approximate surface area is 184 Å². The Morgan fingerprint density at radius 1 is 0.935 bits per heavy atom. The second-order valence-electron chi connectivity index (χ2n) is 7.49. The summed E-state index contributed by atoms with van der Waals surface area (Å²) in [6, 6.07) is 15.2. The molecule has 31 heavy (non-hydrogen) atoms. The number of aromatic nitrogens is 2. The molecule has 8 heteroatoms. The summed E-state index contributed by atoms with van der Waals surface area (Å²) >= 11 is 6.50. The summed E-state index contributed by atoms with van der Waals surface area (Å²) in [5, 5.41) is 4.66. The van der Waals surface area contributed by atoms with E-state index in [2.05, 4.69) is 5.10 Å². The minimum atomic E-state index is -0.313. The molecule has 0 spiro atoms. The minimum Gasteiger partial charge on any atom is -0.335 e. The first-order valence-electron chi connectivity index (χ1n) is 10.0. The van der Waals surface area contributed by atoms with Crippen LogP contribution in [-0.2, 0) is 6.54 Å². The number of hydrogen-bond acceptors (Lipinski definition) is 3. The largest absolute Gasteiger partial charge is 0.335 e. The first kappa shape index (κ1) is 21.1. The molecule has 1 aliphatic heterocycles. The van der Waals surface area contributed by atoms with Crippen LogP contribution in [-0.4, -0.2) is 57.6 Å². The zero-order chi connectivity index (χ0) is 22.0. The number of aryl methyl sites for hydroxylation is 1. The van der Waals surface area contributed by atoms with E-state index in [1.807, 2.05) is 18.2 Å². The van der Waals surface area contributed by atoms with Gasteiger partial charge in [0.2, 0.25) is 0 Å². The van der Waals surface area contributed by atoms with E-state index in [1.54, 1.807) is 45.7 Å². The molecule has 1 aromatic heterocycles. The number of nitrogens with zero attached hydrogens (tertiary/aromatic N) is 4. The Hall–Kier alpha value is -3.19. The molecular weight excluding hydrogens is 419 g/mol. The van der Waals surface area contributed by atoms with Crippen LogP contribution < -0.4 is 0 Å².